The van der Waals surface area contributed by atoms with E-state index in [0.717, 1.165) is 57.0 Å². The van der Waals surface area contributed by atoms with Crippen molar-refractivity contribution in [3.8, 4) is 0 Å². The second-order valence-electron chi connectivity index (χ2n) is 6.57. The summed E-state index contributed by atoms with van der Waals surface area (Å²) in [6, 6.07) is 4.28. The Morgan fingerprint density at radius 2 is 2.00 bits per heavy atom. The summed E-state index contributed by atoms with van der Waals surface area (Å²) in [6.07, 6.45) is 4.66. The van der Waals surface area contributed by atoms with Gasteiger partial charge in [-0.3, -0.25) is 4.99 Å². The van der Waals surface area contributed by atoms with Crippen LogP contribution in [0.5, 0.6) is 0 Å². The maximum atomic E-state index is 4.62. The summed E-state index contributed by atoms with van der Waals surface area (Å²) in [7, 11) is 3.99. The number of nitrogens with one attached hydrogen (secondary N) is 2. The monoisotopic (exact) mass is 316 g/mol. The summed E-state index contributed by atoms with van der Waals surface area (Å²) in [5, 5.41) is 6.73. The van der Waals surface area contributed by atoms with Crippen molar-refractivity contribution < 1.29 is 0 Å². The maximum absolute atomic E-state index is 4.62. The normalized spacial score (nSPS) is 19.7. The van der Waals surface area contributed by atoms with Crippen molar-refractivity contribution in [3.05, 3.63) is 23.9 Å². The topological polar surface area (TPSA) is 55.8 Å². The van der Waals surface area contributed by atoms with Crippen LogP contribution in [-0.4, -0.2) is 62.7 Å². The molecular weight excluding hydrogens is 288 g/mol. The molecule has 23 heavy (non-hydrogen) atoms. The van der Waals surface area contributed by atoms with Crippen LogP contribution in [0.1, 0.15) is 18.4 Å². The molecule has 0 aromatic carbocycles. The van der Waals surface area contributed by atoms with Crippen molar-refractivity contribution in [2.45, 2.75) is 19.4 Å². The maximum Gasteiger partial charge on any atom is 0.191 e. The quantitative estimate of drug-likeness (QED) is 0.625. The minimum Gasteiger partial charge on any atom is -0.356 e. The van der Waals surface area contributed by atoms with Crippen LogP contribution >= 0.6 is 0 Å². The lowest BCUT2D eigenvalue weighted by Crippen LogP contribution is -2.44. The van der Waals surface area contributed by atoms with Crippen molar-refractivity contribution >= 4 is 11.8 Å². The van der Waals surface area contributed by atoms with Gasteiger partial charge in [0, 0.05) is 52.5 Å². The number of aliphatic imine (C=N–C) groups is 1. The van der Waals surface area contributed by atoms with Gasteiger partial charge in [-0.2, -0.15) is 0 Å². The number of hydrogen-bond acceptors (Lipinski definition) is 4. The molecule has 6 nitrogen and oxygen atoms in total. The van der Waals surface area contributed by atoms with Gasteiger partial charge in [0.2, 0.25) is 0 Å². The molecule has 2 aliphatic rings. The second-order valence-corrected chi connectivity index (χ2v) is 6.57. The van der Waals surface area contributed by atoms with E-state index in [2.05, 4.69) is 49.6 Å². The van der Waals surface area contributed by atoms with E-state index in [1.54, 1.807) is 0 Å². The molecule has 6 heteroatoms. The summed E-state index contributed by atoms with van der Waals surface area (Å²) in [4.78, 5) is 13.6. The summed E-state index contributed by atoms with van der Waals surface area (Å²) in [6.45, 7) is 6.10. The van der Waals surface area contributed by atoms with Crippen molar-refractivity contribution in [3.63, 3.8) is 0 Å². The number of anilines is 1. The van der Waals surface area contributed by atoms with Crippen LogP contribution in [0.15, 0.2) is 23.3 Å². The molecule has 0 atom stereocenters. The second kappa shape index (κ2) is 7.64. The van der Waals surface area contributed by atoms with E-state index >= 15 is 0 Å². The van der Waals surface area contributed by atoms with Crippen LogP contribution in [0, 0.1) is 5.92 Å². The van der Waals surface area contributed by atoms with E-state index in [9.17, 15) is 0 Å². The Balaban J connectivity index is 1.46. The van der Waals surface area contributed by atoms with E-state index in [-0.39, 0.29) is 0 Å². The Hall–Kier alpha value is -1.82. The Morgan fingerprint density at radius 1 is 1.22 bits per heavy atom. The number of likely N-dealkylation sites (N-methyl/N-ethyl adjacent to an activating group) is 1. The predicted molar refractivity (Wildman–Crippen MR) is 94.9 cm³/mol. The van der Waals surface area contributed by atoms with E-state index < -0.39 is 0 Å². The van der Waals surface area contributed by atoms with Gasteiger partial charge in [-0.1, -0.05) is 6.07 Å². The van der Waals surface area contributed by atoms with Gasteiger partial charge < -0.3 is 20.4 Å². The highest BCUT2D eigenvalue weighted by atomic mass is 15.3. The van der Waals surface area contributed by atoms with Gasteiger partial charge >= 0.3 is 0 Å². The molecule has 0 bridgehead atoms. The molecule has 1 saturated heterocycles. The molecule has 0 radical (unpaired) electrons. The molecule has 0 unspecified atom stereocenters. The van der Waals surface area contributed by atoms with Crippen molar-refractivity contribution in [2.75, 3.05) is 51.7 Å². The molecule has 1 aromatic heterocycles. The van der Waals surface area contributed by atoms with Gasteiger partial charge in [-0.15, -0.1) is 0 Å². The van der Waals surface area contributed by atoms with Crippen LogP contribution in [0.25, 0.3) is 0 Å². The first kappa shape index (κ1) is 16.1. The SMILES string of the molecule is CN=C(NCc1ccc(N2CCN(C)CC2)nc1)NCC1CC1. The first-order chi connectivity index (χ1) is 11.2. The number of nitrogens with zero attached hydrogens (tertiary/aromatic N) is 4. The lowest BCUT2D eigenvalue weighted by molar-refractivity contribution is 0.312. The number of rotatable bonds is 5. The molecule has 1 aliphatic heterocycles. The fourth-order valence-electron chi connectivity index (χ4n) is 2.71. The fourth-order valence-corrected chi connectivity index (χ4v) is 2.71. The van der Waals surface area contributed by atoms with E-state index in [0.29, 0.717) is 0 Å². The molecule has 2 fully saturated rings. The van der Waals surface area contributed by atoms with Crippen molar-refractivity contribution in [2.24, 2.45) is 10.9 Å². The van der Waals surface area contributed by atoms with Crippen molar-refractivity contribution in [1.29, 1.82) is 0 Å². The van der Waals surface area contributed by atoms with Crippen molar-refractivity contribution in [1.82, 2.24) is 20.5 Å². The molecule has 1 aliphatic carbocycles. The first-order valence-corrected chi connectivity index (χ1v) is 8.57. The van der Waals surface area contributed by atoms with Gasteiger partial charge in [-0.05, 0) is 37.4 Å². The zero-order valence-corrected chi connectivity index (χ0v) is 14.3. The summed E-state index contributed by atoms with van der Waals surface area (Å²) >= 11 is 0. The first-order valence-electron chi connectivity index (χ1n) is 8.57. The number of guanidine groups is 1. The van der Waals surface area contributed by atoms with Crippen LogP contribution in [0.2, 0.25) is 0 Å². The van der Waals surface area contributed by atoms with E-state index in [4.69, 9.17) is 0 Å². The van der Waals surface area contributed by atoms with Crippen LogP contribution < -0.4 is 15.5 Å². The fraction of sp³-hybridized carbons (Fsp3) is 0.647. The number of pyridine rings is 1. The molecule has 3 rings (SSSR count). The third-order valence-corrected chi connectivity index (χ3v) is 4.58. The summed E-state index contributed by atoms with van der Waals surface area (Å²) in [5.74, 6) is 2.80. The molecule has 2 N–H and O–H groups in total. The van der Waals surface area contributed by atoms with E-state index in [1.165, 1.54) is 18.4 Å². The highest BCUT2D eigenvalue weighted by molar-refractivity contribution is 5.79. The molecular formula is C17H28N6. The molecule has 0 spiro atoms. The standard InChI is InChI=1S/C17H28N6/c1-18-17(20-11-14-3-4-14)21-13-15-5-6-16(19-12-15)23-9-7-22(2)8-10-23/h5-6,12,14H,3-4,7-11,13H2,1-2H3,(H2,18,20,21). The molecule has 126 valence electrons. The predicted octanol–water partition coefficient (Wildman–Crippen LogP) is 0.908. The Kier molecular flexibility index (Phi) is 5.33. The van der Waals surface area contributed by atoms with Gasteiger partial charge in [0.25, 0.3) is 0 Å². The number of hydrogen-bond donors (Lipinski definition) is 2. The highest BCUT2D eigenvalue weighted by Gasteiger charge is 2.21. The molecule has 1 aromatic rings. The van der Waals surface area contributed by atoms with Gasteiger partial charge in [0.05, 0.1) is 0 Å². The number of piperazine rings is 1. The third kappa shape index (κ3) is 4.82. The molecule has 1 saturated carbocycles. The average Bonchev–Trinajstić information content (AvgIpc) is 3.41. The zero-order chi connectivity index (χ0) is 16.1. The Bertz CT molecular complexity index is 514. The van der Waals surface area contributed by atoms with Gasteiger partial charge in [0.1, 0.15) is 5.82 Å². The lowest BCUT2D eigenvalue weighted by atomic mass is 10.2. The smallest absolute Gasteiger partial charge is 0.191 e. The van der Waals surface area contributed by atoms with Crippen LogP contribution in [0.4, 0.5) is 5.82 Å². The molecule has 0 amide bonds. The van der Waals surface area contributed by atoms with Gasteiger partial charge in [-0.25, -0.2) is 4.98 Å². The van der Waals surface area contributed by atoms with Crippen LogP contribution in [-0.2, 0) is 6.54 Å². The summed E-state index contributed by atoms with van der Waals surface area (Å²) < 4.78 is 0. The average molecular weight is 316 g/mol. The minimum atomic E-state index is 0.750. The largest absolute Gasteiger partial charge is 0.356 e. The zero-order valence-electron chi connectivity index (χ0n) is 14.3. The summed E-state index contributed by atoms with van der Waals surface area (Å²) in [5.41, 5.74) is 1.18. The Labute approximate surface area is 139 Å². The van der Waals surface area contributed by atoms with Gasteiger partial charge in [0.15, 0.2) is 5.96 Å². The molecule has 2 heterocycles. The van der Waals surface area contributed by atoms with Crippen LogP contribution in [0.3, 0.4) is 0 Å². The third-order valence-electron chi connectivity index (χ3n) is 4.58. The lowest BCUT2D eigenvalue weighted by Gasteiger charge is -2.33. The van der Waals surface area contributed by atoms with E-state index in [1.807, 2.05) is 13.2 Å². The number of aromatic nitrogens is 1. The minimum absolute atomic E-state index is 0.750. The Morgan fingerprint density at radius 3 is 2.61 bits per heavy atom. The highest BCUT2D eigenvalue weighted by Crippen LogP contribution is 2.27.